The van der Waals surface area contributed by atoms with E-state index in [1.165, 1.54) is 23.5 Å². The predicted octanol–water partition coefficient (Wildman–Crippen LogP) is 4.14. The molecule has 0 radical (unpaired) electrons. The molecule has 0 bridgehead atoms. The van der Waals surface area contributed by atoms with E-state index in [-0.39, 0.29) is 17.9 Å². The lowest BCUT2D eigenvalue weighted by Gasteiger charge is -2.09. The number of alkyl halides is 3. The molecular formula is C19H14F4N4O2S2. The van der Waals surface area contributed by atoms with Gasteiger partial charge in [-0.3, -0.25) is 0 Å². The van der Waals surface area contributed by atoms with Crippen LogP contribution in [0.15, 0.2) is 58.8 Å². The summed E-state index contributed by atoms with van der Waals surface area (Å²) >= 11 is 1.30. The first-order valence-electron chi connectivity index (χ1n) is 8.89. The first-order chi connectivity index (χ1) is 14.6. The molecule has 4 aromatic rings. The van der Waals surface area contributed by atoms with Crippen LogP contribution in [-0.2, 0) is 22.6 Å². The lowest BCUT2D eigenvalue weighted by molar-refractivity contribution is -0.137. The fourth-order valence-electron chi connectivity index (χ4n) is 2.87. The van der Waals surface area contributed by atoms with Crippen LogP contribution in [0.2, 0.25) is 0 Å². The lowest BCUT2D eigenvalue weighted by atomic mass is 10.2. The fourth-order valence-corrected chi connectivity index (χ4v) is 4.75. The SMILES string of the molecule is O=S(=O)(NCCc1csc2nc(-c3cccc(F)c3)nn12)c1ccc(C(F)(F)F)cc1. The van der Waals surface area contributed by atoms with Gasteiger partial charge in [0.25, 0.3) is 0 Å². The second kappa shape index (κ2) is 8.02. The van der Waals surface area contributed by atoms with Gasteiger partial charge in [-0.2, -0.15) is 18.2 Å². The van der Waals surface area contributed by atoms with Crippen LogP contribution in [0.25, 0.3) is 16.3 Å². The van der Waals surface area contributed by atoms with Crippen molar-refractivity contribution >= 4 is 26.3 Å². The van der Waals surface area contributed by atoms with Crippen molar-refractivity contribution < 1.29 is 26.0 Å². The van der Waals surface area contributed by atoms with Gasteiger partial charge in [0.05, 0.1) is 16.2 Å². The highest BCUT2D eigenvalue weighted by Gasteiger charge is 2.30. The monoisotopic (exact) mass is 470 g/mol. The second-order valence-corrected chi connectivity index (χ2v) is 9.14. The van der Waals surface area contributed by atoms with E-state index >= 15 is 0 Å². The number of aromatic nitrogens is 3. The molecule has 0 aliphatic carbocycles. The van der Waals surface area contributed by atoms with E-state index in [1.807, 2.05) is 0 Å². The zero-order valence-corrected chi connectivity index (χ0v) is 17.2. The molecule has 0 unspecified atom stereocenters. The normalized spacial score (nSPS) is 12.5. The maximum Gasteiger partial charge on any atom is 0.416 e. The van der Waals surface area contributed by atoms with Crippen LogP contribution < -0.4 is 4.72 Å². The van der Waals surface area contributed by atoms with Crippen LogP contribution in [0.5, 0.6) is 0 Å². The Hall–Kier alpha value is -2.83. The van der Waals surface area contributed by atoms with Crippen molar-refractivity contribution in [1.29, 1.82) is 0 Å². The number of nitrogens with one attached hydrogen (secondary N) is 1. The molecule has 162 valence electrons. The van der Waals surface area contributed by atoms with E-state index < -0.39 is 27.6 Å². The first-order valence-corrected chi connectivity index (χ1v) is 11.3. The molecule has 0 amide bonds. The molecule has 6 nitrogen and oxygen atoms in total. The Morgan fingerprint density at radius 2 is 1.84 bits per heavy atom. The summed E-state index contributed by atoms with van der Waals surface area (Å²) in [7, 11) is -3.97. The van der Waals surface area contributed by atoms with Gasteiger partial charge in [-0.25, -0.2) is 22.0 Å². The van der Waals surface area contributed by atoms with E-state index in [0.717, 1.165) is 24.3 Å². The van der Waals surface area contributed by atoms with Crippen molar-refractivity contribution in [2.24, 2.45) is 0 Å². The minimum absolute atomic E-state index is 0.00431. The van der Waals surface area contributed by atoms with Gasteiger partial charge < -0.3 is 0 Å². The fraction of sp³-hybridized carbons (Fsp3) is 0.158. The maximum atomic E-state index is 13.4. The molecule has 0 aliphatic rings. The lowest BCUT2D eigenvalue weighted by Crippen LogP contribution is -2.26. The summed E-state index contributed by atoms with van der Waals surface area (Å²) < 4.78 is 80.0. The molecule has 0 fully saturated rings. The first kappa shape index (κ1) is 21.4. The van der Waals surface area contributed by atoms with E-state index in [4.69, 9.17) is 0 Å². The van der Waals surface area contributed by atoms with Crippen molar-refractivity contribution in [3.05, 3.63) is 71.0 Å². The van der Waals surface area contributed by atoms with Gasteiger partial charge in [0.2, 0.25) is 15.0 Å². The van der Waals surface area contributed by atoms with E-state index in [0.29, 0.717) is 22.0 Å². The standard InChI is InChI=1S/C19H14F4N4O2S2/c20-14-3-1-2-12(10-14)17-25-18-27(26-17)15(11-30-18)8-9-24-31(28,29)16-6-4-13(5-7-16)19(21,22)23/h1-7,10-11,24H,8-9H2. The number of rotatable bonds is 6. The summed E-state index contributed by atoms with van der Waals surface area (Å²) in [5, 5.41) is 6.13. The zero-order chi connectivity index (χ0) is 22.2. The van der Waals surface area contributed by atoms with Crippen LogP contribution in [-0.4, -0.2) is 29.6 Å². The Balaban J connectivity index is 1.45. The van der Waals surface area contributed by atoms with Crippen molar-refractivity contribution in [2.75, 3.05) is 6.54 Å². The minimum Gasteiger partial charge on any atom is -0.211 e. The molecule has 4 rings (SSSR count). The molecule has 0 spiro atoms. The van der Waals surface area contributed by atoms with Gasteiger partial charge in [0.15, 0.2) is 5.82 Å². The van der Waals surface area contributed by atoms with Gasteiger partial charge in [-0.1, -0.05) is 12.1 Å². The molecule has 0 aliphatic heterocycles. The highest BCUT2D eigenvalue weighted by atomic mass is 32.2. The summed E-state index contributed by atoms with van der Waals surface area (Å²) in [6, 6.07) is 9.14. The third kappa shape index (κ3) is 4.60. The van der Waals surface area contributed by atoms with Crippen molar-refractivity contribution in [3.63, 3.8) is 0 Å². The Morgan fingerprint density at radius 3 is 2.52 bits per heavy atom. The third-order valence-electron chi connectivity index (χ3n) is 4.40. The molecule has 0 saturated carbocycles. The molecule has 2 aromatic heterocycles. The average molecular weight is 470 g/mol. The van der Waals surface area contributed by atoms with Crippen LogP contribution in [0.4, 0.5) is 17.6 Å². The topological polar surface area (TPSA) is 76.4 Å². The number of fused-ring (bicyclic) bond motifs is 1. The van der Waals surface area contributed by atoms with Crippen LogP contribution >= 0.6 is 11.3 Å². The second-order valence-electron chi connectivity index (χ2n) is 6.54. The molecule has 1 N–H and O–H groups in total. The van der Waals surface area contributed by atoms with Gasteiger partial charge in [0, 0.05) is 23.9 Å². The van der Waals surface area contributed by atoms with E-state index in [1.54, 1.807) is 22.0 Å². The van der Waals surface area contributed by atoms with E-state index in [2.05, 4.69) is 14.8 Å². The average Bonchev–Trinajstić information content (AvgIpc) is 3.29. The van der Waals surface area contributed by atoms with Crippen LogP contribution in [0.1, 0.15) is 11.3 Å². The largest absolute Gasteiger partial charge is 0.416 e. The Bertz CT molecular complexity index is 1330. The molecule has 0 saturated heterocycles. The number of hydrogen-bond donors (Lipinski definition) is 1. The Labute approximate surface area is 178 Å². The van der Waals surface area contributed by atoms with Crippen molar-refractivity contribution in [3.8, 4) is 11.4 Å². The smallest absolute Gasteiger partial charge is 0.211 e. The molecular weight excluding hydrogens is 456 g/mol. The molecule has 0 atom stereocenters. The summed E-state index contributed by atoms with van der Waals surface area (Å²) in [5.74, 6) is -0.0634. The number of nitrogens with zero attached hydrogens (tertiary/aromatic N) is 3. The summed E-state index contributed by atoms with van der Waals surface area (Å²) in [5.41, 5.74) is 0.280. The number of halogens is 4. The summed E-state index contributed by atoms with van der Waals surface area (Å²) in [4.78, 5) is 4.66. The molecule has 12 heteroatoms. The molecule has 2 aromatic carbocycles. The van der Waals surface area contributed by atoms with Gasteiger partial charge in [-0.05, 0) is 36.4 Å². The van der Waals surface area contributed by atoms with Gasteiger partial charge in [-0.15, -0.1) is 16.4 Å². The minimum atomic E-state index is -4.54. The van der Waals surface area contributed by atoms with Crippen LogP contribution in [0.3, 0.4) is 0 Å². The molecule has 31 heavy (non-hydrogen) atoms. The third-order valence-corrected chi connectivity index (χ3v) is 6.74. The summed E-state index contributed by atoms with van der Waals surface area (Å²) in [6.07, 6.45) is -4.27. The maximum absolute atomic E-state index is 13.4. The summed E-state index contributed by atoms with van der Waals surface area (Å²) in [6.45, 7) is 0.00431. The predicted molar refractivity (Wildman–Crippen MR) is 107 cm³/mol. The highest BCUT2D eigenvalue weighted by molar-refractivity contribution is 7.89. The number of sulfonamides is 1. The molecule has 2 heterocycles. The van der Waals surface area contributed by atoms with E-state index in [9.17, 15) is 26.0 Å². The van der Waals surface area contributed by atoms with Crippen LogP contribution in [0, 0.1) is 5.82 Å². The quantitative estimate of drug-likeness (QED) is 0.430. The number of thiazole rings is 1. The van der Waals surface area contributed by atoms with Crippen molar-refractivity contribution in [2.45, 2.75) is 17.5 Å². The Kier molecular flexibility index (Phi) is 5.54. The highest BCUT2D eigenvalue weighted by Crippen LogP contribution is 2.29. The zero-order valence-electron chi connectivity index (χ0n) is 15.6. The van der Waals surface area contributed by atoms with Gasteiger partial charge in [0.1, 0.15) is 5.82 Å². The number of hydrogen-bond acceptors (Lipinski definition) is 5. The van der Waals surface area contributed by atoms with Gasteiger partial charge >= 0.3 is 6.18 Å². The Morgan fingerprint density at radius 1 is 1.10 bits per heavy atom. The number of benzene rings is 2. The van der Waals surface area contributed by atoms with Crippen molar-refractivity contribution in [1.82, 2.24) is 19.3 Å².